The van der Waals surface area contributed by atoms with Crippen LogP contribution in [0.2, 0.25) is 0 Å². The van der Waals surface area contributed by atoms with E-state index in [1.807, 2.05) is 0 Å². The van der Waals surface area contributed by atoms with Crippen LogP contribution in [0.15, 0.2) is 73.1 Å². The number of non-ortho nitro benzene ring substituents is 1. The minimum absolute atomic E-state index is 0.0627. The van der Waals surface area contributed by atoms with E-state index in [1.165, 1.54) is 35.3 Å². The second-order valence-corrected chi connectivity index (χ2v) is 6.94. The fourth-order valence-electron chi connectivity index (χ4n) is 3.09. The lowest BCUT2D eigenvalue weighted by Gasteiger charge is -2.09. The number of hydrogen-bond donors (Lipinski definition) is 2. The van der Waals surface area contributed by atoms with Crippen molar-refractivity contribution in [3.63, 3.8) is 0 Å². The van der Waals surface area contributed by atoms with Gasteiger partial charge >= 0.3 is 0 Å². The van der Waals surface area contributed by atoms with Crippen molar-refractivity contribution in [2.45, 2.75) is 6.92 Å². The van der Waals surface area contributed by atoms with Gasteiger partial charge in [0.15, 0.2) is 5.69 Å². The monoisotopic (exact) mass is 443 g/mol. The van der Waals surface area contributed by atoms with Crippen LogP contribution >= 0.6 is 0 Å². The second kappa shape index (κ2) is 9.06. The number of carbonyl (C=O) groups is 2. The van der Waals surface area contributed by atoms with Gasteiger partial charge < -0.3 is 10.6 Å². The molecular weight excluding hydrogens is 426 g/mol. The van der Waals surface area contributed by atoms with E-state index in [4.69, 9.17) is 0 Å². The molecule has 2 heterocycles. The number of carbonyl (C=O) groups excluding carboxylic acids is 2. The van der Waals surface area contributed by atoms with Gasteiger partial charge in [0.1, 0.15) is 0 Å². The van der Waals surface area contributed by atoms with Gasteiger partial charge in [-0.25, -0.2) is 4.68 Å². The molecule has 0 radical (unpaired) electrons. The first-order valence-corrected chi connectivity index (χ1v) is 9.72. The number of benzene rings is 2. The van der Waals surface area contributed by atoms with Crippen LogP contribution in [0.1, 0.15) is 26.5 Å². The van der Waals surface area contributed by atoms with Crippen molar-refractivity contribution in [1.29, 1.82) is 0 Å². The van der Waals surface area contributed by atoms with Gasteiger partial charge in [-0.05, 0) is 43.3 Å². The highest BCUT2D eigenvalue weighted by Gasteiger charge is 2.19. The predicted octanol–water partition coefficient (Wildman–Crippen LogP) is 3.38. The van der Waals surface area contributed by atoms with E-state index in [-0.39, 0.29) is 17.3 Å². The standard InChI is InChI=1S/C22H17N7O4/c1-14-20(26-27-28(14)18-6-3-7-19(13-18)29(32)33)22(31)25-17-5-2-4-16(12-17)24-21(30)15-8-10-23-11-9-15/h2-13H,1H3,(H,24,30)(H,25,31). The third-order valence-electron chi connectivity index (χ3n) is 4.72. The fourth-order valence-corrected chi connectivity index (χ4v) is 3.09. The van der Waals surface area contributed by atoms with Gasteiger partial charge in [0.05, 0.1) is 16.3 Å². The summed E-state index contributed by atoms with van der Waals surface area (Å²) < 4.78 is 1.35. The van der Waals surface area contributed by atoms with E-state index in [9.17, 15) is 19.7 Å². The first kappa shape index (κ1) is 21.3. The Bertz CT molecular complexity index is 1350. The summed E-state index contributed by atoms with van der Waals surface area (Å²) in [4.78, 5) is 39.5. The molecule has 0 aliphatic heterocycles. The number of nitrogens with one attached hydrogen (secondary N) is 2. The molecule has 2 aromatic carbocycles. The zero-order valence-corrected chi connectivity index (χ0v) is 17.3. The zero-order chi connectivity index (χ0) is 23.4. The summed E-state index contributed by atoms with van der Waals surface area (Å²) in [5, 5.41) is 24.4. The number of aromatic nitrogens is 4. The molecule has 0 unspecified atom stereocenters. The Morgan fingerprint density at radius 2 is 1.61 bits per heavy atom. The second-order valence-electron chi connectivity index (χ2n) is 6.94. The molecule has 4 rings (SSSR count). The van der Waals surface area contributed by atoms with Gasteiger partial charge in [-0.2, -0.15) is 0 Å². The number of rotatable bonds is 6. The summed E-state index contributed by atoms with van der Waals surface area (Å²) in [6.45, 7) is 1.64. The minimum Gasteiger partial charge on any atom is -0.322 e. The summed E-state index contributed by atoms with van der Waals surface area (Å²) in [5.74, 6) is -0.821. The number of anilines is 2. The molecule has 0 aliphatic carbocycles. The van der Waals surface area contributed by atoms with Crippen LogP contribution < -0.4 is 10.6 Å². The number of nitro groups is 1. The maximum absolute atomic E-state index is 12.8. The largest absolute Gasteiger partial charge is 0.322 e. The highest BCUT2D eigenvalue weighted by Crippen LogP contribution is 2.20. The Morgan fingerprint density at radius 1 is 0.939 bits per heavy atom. The topological polar surface area (TPSA) is 145 Å². The molecule has 11 heteroatoms. The number of amides is 2. The quantitative estimate of drug-likeness (QED) is 0.343. The van der Waals surface area contributed by atoms with Crippen molar-refractivity contribution in [2.24, 2.45) is 0 Å². The first-order valence-electron chi connectivity index (χ1n) is 9.72. The van der Waals surface area contributed by atoms with Gasteiger partial charge in [-0.3, -0.25) is 24.7 Å². The van der Waals surface area contributed by atoms with Gasteiger partial charge in [0.2, 0.25) is 0 Å². The maximum atomic E-state index is 12.8. The van der Waals surface area contributed by atoms with Crippen molar-refractivity contribution in [2.75, 3.05) is 10.6 Å². The molecule has 0 aliphatic rings. The van der Waals surface area contributed by atoms with E-state index in [2.05, 4.69) is 25.9 Å². The molecule has 0 saturated carbocycles. The Hall–Kier alpha value is -4.93. The Kier molecular flexibility index (Phi) is 5.85. The Balaban J connectivity index is 1.50. The van der Waals surface area contributed by atoms with Crippen LogP contribution in [0.25, 0.3) is 5.69 Å². The number of hydrogen-bond acceptors (Lipinski definition) is 7. The molecule has 0 saturated heterocycles. The highest BCUT2D eigenvalue weighted by molar-refractivity contribution is 6.06. The molecule has 2 N–H and O–H groups in total. The lowest BCUT2D eigenvalue weighted by Crippen LogP contribution is -2.15. The normalized spacial score (nSPS) is 10.5. The predicted molar refractivity (Wildman–Crippen MR) is 119 cm³/mol. The molecule has 4 aromatic rings. The van der Waals surface area contributed by atoms with Crippen LogP contribution in [0.4, 0.5) is 17.1 Å². The summed E-state index contributed by atoms with van der Waals surface area (Å²) >= 11 is 0. The van der Waals surface area contributed by atoms with Crippen molar-refractivity contribution in [3.05, 3.63) is 100 Å². The van der Waals surface area contributed by atoms with Gasteiger partial charge in [0.25, 0.3) is 17.5 Å². The maximum Gasteiger partial charge on any atom is 0.278 e. The Labute approximate surface area is 187 Å². The highest BCUT2D eigenvalue weighted by atomic mass is 16.6. The molecule has 0 fully saturated rings. The van der Waals surface area contributed by atoms with Crippen LogP contribution in [0.5, 0.6) is 0 Å². The van der Waals surface area contributed by atoms with Gasteiger partial charge in [-0.1, -0.05) is 17.3 Å². The zero-order valence-electron chi connectivity index (χ0n) is 17.3. The third-order valence-corrected chi connectivity index (χ3v) is 4.72. The van der Waals surface area contributed by atoms with E-state index in [0.717, 1.165) is 0 Å². The lowest BCUT2D eigenvalue weighted by atomic mass is 10.2. The average molecular weight is 443 g/mol. The van der Waals surface area contributed by atoms with Crippen LogP contribution in [-0.4, -0.2) is 36.7 Å². The average Bonchev–Trinajstić information content (AvgIpc) is 3.21. The molecule has 0 bridgehead atoms. The SMILES string of the molecule is Cc1c(C(=O)Nc2cccc(NC(=O)c3ccncc3)c2)nnn1-c1cccc([N+](=O)[O-])c1. The van der Waals surface area contributed by atoms with Crippen molar-refractivity contribution >= 4 is 28.9 Å². The molecule has 11 nitrogen and oxygen atoms in total. The summed E-state index contributed by atoms with van der Waals surface area (Å²) in [6.07, 6.45) is 3.05. The summed E-state index contributed by atoms with van der Waals surface area (Å²) in [7, 11) is 0. The van der Waals surface area contributed by atoms with Crippen molar-refractivity contribution < 1.29 is 14.5 Å². The van der Waals surface area contributed by atoms with Gasteiger partial charge in [-0.15, -0.1) is 5.10 Å². The van der Waals surface area contributed by atoms with Gasteiger partial charge in [0, 0.05) is 41.5 Å². The molecule has 2 aromatic heterocycles. The van der Waals surface area contributed by atoms with Crippen LogP contribution in [-0.2, 0) is 0 Å². The number of pyridine rings is 1. The van der Waals surface area contributed by atoms with E-state index < -0.39 is 10.8 Å². The van der Waals surface area contributed by atoms with Crippen molar-refractivity contribution in [3.8, 4) is 5.69 Å². The molecule has 33 heavy (non-hydrogen) atoms. The summed E-state index contributed by atoms with van der Waals surface area (Å²) in [5.41, 5.74) is 2.17. The van der Waals surface area contributed by atoms with Crippen LogP contribution in [0, 0.1) is 17.0 Å². The molecule has 0 spiro atoms. The van der Waals surface area contributed by atoms with Crippen LogP contribution in [0.3, 0.4) is 0 Å². The van der Waals surface area contributed by atoms with E-state index in [0.29, 0.717) is 28.3 Å². The number of nitro benzene ring substituents is 1. The first-order chi connectivity index (χ1) is 15.9. The fraction of sp³-hybridized carbons (Fsp3) is 0.0455. The molecule has 164 valence electrons. The smallest absolute Gasteiger partial charge is 0.278 e. The number of nitrogens with zero attached hydrogens (tertiary/aromatic N) is 5. The lowest BCUT2D eigenvalue weighted by molar-refractivity contribution is -0.384. The van der Waals surface area contributed by atoms with E-state index in [1.54, 1.807) is 49.4 Å². The molecule has 0 atom stereocenters. The Morgan fingerprint density at radius 3 is 2.30 bits per heavy atom. The van der Waals surface area contributed by atoms with E-state index >= 15 is 0 Å². The summed E-state index contributed by atoms with van der Waals surface area (Å²) in [6, 6.07) is 15.7. The minimum atomic E-state index is -0.512. The van der Waals surface area contributed by atoms with Crippen molar-refractivity contribution in [1.82, 2.24) is 20.0 Å². The third kappa shape index (κ3) is 4.71. The molecule has 2 amide bonds. The molecular formula is C22H17N7O4.